The number of aromatic nitrogens is 2. The largest absolute Gasteiger partial charge is 0.478 e. The van der Waals surface area contributed by atoms with E-state index in [2.05, 4.69) is 15.5 Å². The Hall–Kier alpha value is -2.37. The standard InChI is InChI=1S/C14H16FN3O2/c1-9-8-16-18-12(9)17-13(19)14(2,3)20-11-6-4-10(15)5-7-11/h4-8H,1-3H3,(H2,16,17,18,19). The van der Waals surface area contributed by atoms with Gasteiger partial charge >= 0.3 is 0 Å². The van der Waals surface area contributed by atoms with E-state index in [1.165, 1.54) is 24.3 Å². The first-order valence-electron chi connectivity index (χ1n) is 6.14. The van der Waals surface area contributed by atoms with Crippen LogP contribution in [0.25, 0.3) is 0 Å². The number of halogens is 1. The summed E-state index contributed by atoms with van der Waals surface area (Å²) in [5.41, 5.74) is -0.272. The molecule has 0 aliphatic heterocycles. The molecule has 0 fully saturated rings. The zero-order valence-corrected chi connectivity index (χ0v) is 11.5. The number of nitrogens with zero attached hydrogens (tertiary/aromatic N) is 1. The monoisotopic (exact) mass is 277 g/mol. The summed E-state index contributed by atoms with van der Waals surface area (Å²) in [4.78, 5) is 12.2. The smallest absolute Gasteiger partial charge is 0.269 e. The van der Waals surface area contributed by atoms with Crippen LogP contribution in [0.4, 0.5) is 10.2 Å². The highest BCUT2D eigenvalue weighted by atomic mass is 19.1. The second-order valence-electron chi connectivity index (χ2n) is 4.95. The second kappa shape index (κ2) is 5.32. The fraction of sp³-hybridized carbons (Fsp3) is 0.286. The molecule has 0 saturated heterocycles. The highest BCUT2D eigenvalue weighted by Gasteiger charge is 2.30. The van der Waals surface area contributed by atoms with Crippen LogP contribution in [0.15, 0.2) is 30.5 Å². The Balaban J connectivity index is 2.07. The molecule has 2 rings (SSSR count). The van der Waals surface area contributed by atoms with Crippen molar-refractivity contribution < 1.29 is 13.9 Å². The number of aromatic amines is 1. The van der Waals surface area contributed by atoms with Crippen molar-refractivity contribution in [1.29, 1.82) is 0 Å². The van der Waals surface area contributed by atoms with E-state index < -0.39 is 5.60 Å². The van der Waals surface area contributed by atoms with Crippen LogP contribution in [0.3, 0.4) is 0 Å². The van der Waals surface area contributed by atoms with Crippen molar-refractivity contribution in [3.05, 3.63) is 41.8 Å². The molecule has 0 spiro atoms. The molecule has 2 N–H and O–H groups in total. The number of nitrogens with one attached hydrogen (secondary N) is 2. The first-order chi connectivity index (χ1) is 9.38. The molecule has 2 aromatic rings. The number of H-pyrrole nitrogens is 1. The minimum absolute atomic E-state index is 0.325. The Bertz CT molecular complexity index is 605. The minimum atomic E-state index is -1.10. The fourth-order valence-electron chi connectivity index (χ4n) is 1.58. The van der Waals surface area contributed by atoms with Crippen LogP contribution in [-0.2, 0) is 4.79 Å². The van der Waals surface area contributed by atoms with Crippen LogP contribution in [0.5, 0.6) is 5.75 Å². The number of aryl methyl sites for hydroxylation is 1. The summed E-state index contributed by atoms with van der Waals surface area (Å²) in [6, 6.07) is 5.52. The van der Waals surface area contributed by atoms with Crippen molar-refractivity contribution in [3.8, 4) is 5.75 Å². The van der Waals surface area contributed by atoms with E-state index >= 15 is 0 Å². The zero-order valence-electron chi connectivity index (χ0n) is 11.5. The van der Waals surface area contributed by atoms with Crippen LogP contribution in [-0.4, -0.2) is 21.7 Å². The van der Waals surface area contributed by atoms with Gasteiger partial charge in [-0.3, -0.25) is 9.89 Å². The van der Waals surface area contributed by atoms with Crippen LogP contribution < -0.4 is 10.1 Å². The molecule has 0 aliphatic rings. The highest BCUT2D eigenvalue weighted by molar-refractivity contribution is 5.96. The number of hydrogen-bond donors (Lipinski definition) is 2. The van der Waals surface area contributed by atoms with Crippen molar-refractivity contribution in [1.82, 2.24) is 10.2 Å². The Morgan fingerprint density at radius 3 is 2.55 bits per heavy atom. The normalized spacial score (nSPS) is 11.2. The number of benzene rings is 1. The maximum atomic E-state index is 12.8. The second-order valence-corrected chi connectivity index (χ2v) is 4.95. The van der Waals surface area contributed by atoms with E-state index in [9.17, 15) is 9.18 Å². The summed E-state index contributed by atoms with van der Waals surface area (Å²) in [5.74, 6) is 0.278. The van der Waals surface area contributed by atoms with Gasteiger partial charge in [0.05, 0.1) is 6.20 Å². The van der Waals surface area contributed by atoms with Crippen molar-refractivity contribution in [3.63, 3.8) is 0 Å². The lowest BCUT2D eigenvalue weighted by molar-refractivity contribution is -0.128. The van der Waals surface area contributed by atoms with Gasteiger partial charge in [0.1, 0.15) is 17.4 Å². The molecule has 20 heavy (non-hydrogen) atoms. The molecule has 0 aliphatic carbocycles. The Morgan fingerprint density at radius 1 is 1.35 bits per heavy atom. The number of carbonyl (C=O) groups is 1. The molecule has 0 bridgehead atoms. The van der Waals surface area contributed by atoms with Crippen LogP contribution >= 0.6 is 0 Å². The number of hydrogen-bond acceptors (Lipinski definition) is 3. The van der Waals surface area contributed by atoms with Gasteiger partial charge in [0.25, 0.3) is 5.91 Å². The first kappa shape index (κ1) is 14.0. The van der Waals surface area contributed by atoms with Gasteiger partial charge in [0.2, 0.25) is 0 Å². The zero-order chi connectivity index (χ0) is 14.8. The summed E-state index contributed by atoms with van der Waals surface area (Å²) >= 11 is 0. The third-order valence-electron chi connectivity index (χ3n) is 2.80. The van der Waals surface area contributed by atoms with Crippen molar-refractivity contribution >= 4 is 11.7 Å². The highest BCUT2D eigenvalue weighted by Crippen LogP contribution is 2.20. The third kappa shape index (κ3) is 3.14. The topological polar surface area (TPSA) is 67.0 Å². The van der Waals surface area contributed by atoms with Crippen LogP contribution in [0, 0.1) is 12.7 Å². The molecule has 0 saturated carbocycles. The van der Waals surface area contributed by atoms with Crippen LogP contribution in [0.2, 0.25) is 0 Å². The molecular formula is C14H16FN3O2. The van der Waals surface area contributed by atoms with Crippen molar-refractivity contribution in [2.45, 2.75) is 26.4 Å². The molecule has 1 amide bonds. The quantitative estimate of drug-likeness (QED) is 0.902. The fourth-order valence-corrected chi connectivity index (χ4v) is 1.58. The summed E-state index contributed by atoms with van der Waals surface area (Å²) in [6.07, 6.45) is 1.61. The van der Waals surface area contributed by atoms with Crippen molar-refractivity contribution in [2.24, 2.45) is 0 Å². The van der Waals surface area contributed by atoms with Crippen molar-refractivity contribution in [2.75, 3.05) is 5.32 Å². The van der Waals surface area contributed by atoms with Gasteiger partial charge in [-0.1, -0.05) is 0 Å². The lowest BCUT2D eigenvalue weighted by atomic mass is 10.1. The summed E-state index contributed by atoms with van der Waals surface area (Å²) in [5, 5.41) is 9.23. The van der Waals surface area contributed by atoms with Gasteiger partial charge < -0.3 is 10.1 Å². The van der Waals surface area contributed by atoms with Crippen LogP contribution in [0.1, 0.15) is 19.4 Å². The Morgan fingerprint density at radius 2 is 2.00 bits per heavy atom. The Labute approximate surface area is 116 Å². The predicted molar refractivity (Wildman–Crippen MR) is 73.1 cm³/mol. The molecule has 6 heteroatoms. The van der Waals surface area contributed by atoms with E-state index in [1.807, 2.05) is 6.92 Å². The lowest BCUT2D eigenvalue weighted by Crippen LogP contribution is -2.42. The molecule has 1 aromatic heterocycles. The number of rotatable bonds is 4. The van der Waals surface area contributed by atoms with E-state index in [0.29, 0.717) is 11.6 Å². The molecule has 0 radical (unpaired) electrons. The molecule has 1 aromatic carbocycles. The van der Waals surface area contributed by atoms with Gasteiger partial charge in [-0.05, 0) is 45.0 Å². The SMILES string of the molecule is Cc1cn[nH]c1NC(=O)C(C)(C)Oc1ccc(F)cc1. The first-order valence-corrected chi connectivity index (χ1v) is 6.14. The number of carbonyl (C=O) groups excluding carboxylic acids is 1. The summed E-state index contributed by atoms with van der Waals surface area (Å²) < 4.78 is 18.4. The van der Waals surface area contributed by atoms with Gasteiger partial charge in [-0.25, -0.2) is 4.39 Å². The molecule has 0 atom stereocenters. The number of amides is 1. The summed E-state index contributed by atoms with van der Waals surface area (Å²) in [7, 11) is 0. The minimum Gasteiger partial charge on any atom is -0.478 e. The number of ether oxygens (including phenoxy) is 1. The lowest BCUT2D eigenvalue weighted by Gasteiger charge is -2.25. The maximum absolute atomic E-state index is 12.8. The van der Waals surface area contributed by atoms with E-state index in [4.69, 9.17) is 4.74 Å². The number of anilines is 1. The third-order valence-corrected chi connectivity index (χ3v) is 2.80. The average molecular weight is 277 g/mol. The Kier molecular flexibility index (Phi) is 3.74. The van der Waals surface area contributed by atoms with Gasteiger partial charge in [0.15, 0.2) is 5.60 Å². The van der Waals surface area contributed by atoms with Gasteiger partial charge in [0, 0.05) is 5.56 Å². The molecular weight excluding hydrogens is 261 g/mol. The summed E-state index contributed by atoms with van der Waals surface area (Å²) in [6.45, 7) is 5.10. The van der Waals surface area contributed by atoms with E-state index in [1.54, 1.807) is 20.0 Å². The molecule has 0 unspecified atom stereocenters. The molecule has 5 nitrogen and oxygen atoms in total. The molecule has 1 heterocycles. The predicted octanol–water partition coefficient (Wildman–Crippen LogP) is 2.65. The van der Waals surface area contributed by atoms with E-state index in [-0.39, 0.29) is 11.7 Å². The average Bonchev–Trinajstić information content (AvgIpc) is 2.78. The van der Waals surface area contributed by atoms with Gasteiger partial charge in [-0.15, -0.1) is 0 Å². The molecule has 106 valence electrons. The maximum Gasteiger partial charge on any atom is 0.269 e. The van der Waals surface area contributed by atoms with E-state index in [0.717, 1.165) is 5.56 Å². The van der Waals surface area contributed by atoms with Gasteiger partial charge in [-0.2, -0.15) is 5.10 Å².